The molecule has 1 aromatic carbocycles. The van der Waals surface area contributed by atoms with Crippen molar-refractivity contribution in [3.05, 3.63) is 48.0 Å². The van der Waals surface area contributed by atoms with E-state index in [-0.39, 0.29) is 6.04 Å². The van der Waals surface area contributed by atoms with E-state index in [9.17, 15) is 0 Å². The van der Waals surface area contributed by atoms with Gasteiger partial charge in [0.05, 0.1) is 17.7 Å². The molecule has 2 rings (SSSR count). The van der Waals surface area contributed by atoms with Gasteiger partial charge in [0.25, 0.3) is 0 Å². The minimum absolute atomic E-state index is 0.213. The molecule has 1 heterocycles. The van der Waals surface area contributed by atoms with Crippen molar-refractivity contribution in [2.75, 3.05) is 26.2 Å². The summed E-state index contributed by atoms with van der Waals surface area (Å²) < 4.78 is 0. The molecule has 0 radical (unpaired) electrons. The normalized spacial score (nSPS) is 18.3. The maximum atomic E-state index is 8.93. The van der Waals surface area contributed by atoms with Crippen molar-refractivity contribution < 1.29 is 0 Å². The van der Waals surface area contributed by atoms with E-state index in [1.54, 1.807) is 0 Å². The highest BCUT2D eigenvalue weighted by molar-refractivity contribution is 5.35. The summed E-state index contributed by atoms with van der Waals surface area (Å²) in [6.45, 7) is 8.00. The molecule has 1 aliphatic heterocycles. The number of piperazine rings is 1. The average molecular weight is 227 g/mol. The van der Waals surface area contributed by atoms with E-state index >= 15 is 0 Å². The molecular formula is C14H17N3. The number of nitrogens with zero attached hydrogens (tertiary/aromatic N) is 2. The fourth-order valence-corrected chi connectivity index (χ4v) is 2.25. The summed E-state index contributed by atoms with van der Waals surface area (Å²) in [4.78, 5) is 2.39. The second-order valence-electron chi connectivity index (χ2n) is 4.20. The lowest BCUT2D eigenvalue weighted by Crippen LogP contribution is -2.44. The Morgan fingerprint density at radius 3 is 2.82 bits per heavy atom. The van der Waals surface area contributed by atoms with E-state index in [0.717, 1.165) is 31.7 Å². The summed E-state index contributed by atoms with van der Waals surface area (Å²) >= 11 is 0. The summed E-state index contributed by atoms with van der Waals surface area (Å²) in [6.07, 6.45) is 1.96. The molecule has 3 heteroatoms. The Bertz CT molecular complexity index is 427. The van der Waals surface area contributed by atoms with E-state index in [1.165, 1.54) is 0 Å². The van der Waals surface area contributed by atoms with Crippen LogP contribution in [-0.2, 0) is 0 Å². The van der Waals surface area contributed by atoms with Gasteiger partial charge in [-0.25, -0.2) is 0 Å². The first-order chi connectivity index (χ1) is 8.35. The van der Waals surface area contributed by atoms with Gasteiger partial charge in [-0.1, -0.05) is 18.2 Å². The highest BCUT2D eigenvalue weighted by Crippen LogP contribution is 2.22. The second-order valence-corrected chi connectivity index (χ2v) is 4.20. The molecule has 0 saturated carbocycles. The molecule has 0 bridgehead atoms. The maximum absolute atomic E-state index is 8.93. The van der Waals surface area contributed by atoms with Gasteiger partial charge in [0.2, 0.25) is 0 Å². The van der Waals surface area contributed by atoms with Crippen molar-refractivity contribution in [1.82, 2.24) is 10.2 Å². The van der Waals surface area contributed by atoms with Crippen LogP contribution in [0.3, 0.4) is 0 Å². The van der Waals surface area contributed by atoms with Crippen LogP contribution < -0.4 is 5.32 Å². The number of nitriles is 1. The van der Waals surface area contributed by atoms with Gasteiger partial charge < -0.3 is 5.32 Å². The molecule has 0 aromatic heterocycles. The fraction of sp³-hybridized carbons (Fsp3) is 0.357. The van der Waals surface area contributed by atoms with Crippen molar-refractivity contribution in [3.63, 3.8) is 0 Å². The van der Waals surface area contributed by atoms with Gasteiger partial charge in [0.1, 0.15) is 0 Å². The highest BCUT2D eigenvalue weighted by Gasteiger charge is 2.19. The summed E-state index contributed by atoms with van der Waals surface area (Å²) in [6, 6.07) is 10.2. The third-order valence-corrected chi connectivity index (χ3v) is 3.13. The van der Waals surface area contributed by atoms with E-state index in [2.05, 4.69) is 28.9 Å². The van der Waals surface area contributed by atoms with Crippen LogP contribution in [0.1, 0.15) is 17.2 Å². The summed E-state index contributed by atoms with van der Waals surface area (Å²) in [5, 5.41) is 12.3. The average Bonchev–Trinajstić information content (AvgIpc) is 2.41. The molecule has 0 unspecified atom stereocenters. The lowest BCUT2D eigenvalue weighted by atomic mass is 10.0. The number of rotatable bonds is 3. The maximum Gasteiger partial charge on any atom is 0.0991 e. The first-order valence-corrected chi connectivity index (χ1v) is 5.92. The SMILES string of the molecule is C=C[C@H](c1cccc(C#N)c1)N1CCNCC1. The zero-order chi connectivity index (χ0) is 12.1. The van der Waals surface area contributed by atoms with Crippen LogP contribution in [0.5, 0.6) is 0 Å². The molecule has 3 nitrogen and oxygen atoms in total. The molecule has 0 spiro atoms. The van der Waals surface area contributed by atoms with Crippen molar-refractivity contribution >= 4 is 0 Å². The number of nitrogens with one attached hydrogen (secondary N) is 1. The fourth-order valence-electron chi connectivity index (χ4n) is 2.25. The van der Waals surface area contributed by atoms with Crippen molar-refractivity contribution in [2.24, 2.45) is 0 Å². The van der Waals surface area contributed by atoms with Gasteiger partial charge >= 0.3 is 0 Å². The van der Waals surface area contributed by atoms with E-state index < -0.39 is 0 Å². The van der Waals surface area contributed by atoms with Crippen LogP contribution in [0.4, 0.5) is 0 Å². The third kappa shape index (κ3) is 2.73. The monoisotopic (exact) mass is 227 g/mol. The van der Waals surface area contributed by atoms with Crippen LogP contribution >= 0.6 is 0 Å². The standard InChI is InChI=1S/C14H17N3/c1-2-14(17-8-6-16-7-9-17)13-5-3-4-12(10-13)11-15/h2-5,10,14,16H,1,6-9H2/t14-/m1/s1. The van der Waals surface area contributed by atoms with Crippen molar-refractivity contribution in [3.8, 4) is 6.07 Å². The quantitative estimate of drug-likeness (QED) is 0.799. The Balaban J connectivity index is 2.21. The highest BCUT2D eigenvalue weighted by atomic mass is 15.2. The van der Waals surface area contributed by atoms with E-state index in [4.69, 9.17) is 5.26 Å². The van der Waals surface area contributed by atoms with Crippen molar-refractivity contribution in [2.45, 2.75) is 6.04 Å². The lowest BCUT2D eigenvalue weighted by molar-refractivity contribution is 0.203. The molecule has 0 aliphatic carbocycles. The van der Waals surface area contributed by atoms with Crippen LogP contribution in [-0.4, -0.2) is 31.1 Å². The van der Waals surface area contributed by atoms with E-state index in [0.29, 0.717) is 5.56 Å². The predicted molar refractivity (Wildman–Crippen MR) is 68.5 cm³/mol. The van der Waals surface area contributed by atoms with E-state index in [1.807, 2.05) is 24.3 Å². The Morgan fingerprint density at radius 1 is 1.41 bits per heavy atom. The minimum Gasteiger partial charge on any atom is -0.314 e. The van der Waals surface area contributed by atoms with Gasteiger partial charge in [0, 0.05) is 26.2 Å². The van der Waals surface area contributed by atoms with Gasteiger partial charge in [-0.15, -0.1) is 6.58 Å². The predicted octanol–water partition coefficient (Wildman–Crippen LogP) is 1.69. The Hall–Kier alpha value is -1.63. The summed E-state index contributed by atoms with van der Waals surface area (Å²) in [5.41, 5.74) is 1.87. The zero-order valence-corrected chi connectivity index (χ0v) is 9.89. The van der Waals surface area contributed by atoms with Gasteiger partial charge in [0.15, 0.2) is 0 Å². The molecule has 88 valence electrons. The third-order valence-electron chi connectivity index (χ3n) is 3.13. The lowest BCUT2D eigenvalue weighted by Gasteiger charge is -2.33. The molecule has 17 heavy (non-hydrogen) atoms. The Morgan fingerprint density at radius 2 is 2.18 bits per heavy atom. The van der Waals surface area contributed by atoms with Gasteiger partial charge in [-0.05, 0) is 17.7 Å². The molecular weight excluding hydrogens is 210 g/mol. The molecule has 1 aromatic rings. The number of hydrogen-bond acceptors (Lipinski definition) is 3. The zero-order valence-electron chi connectivity index (χ0n) is 9.89. The van der Waals surface area contributed by atoms with Crippen LogP contribution in [0.25, 0.3) is 0 Å². The molecule has 0 amide bonds. The topological polar surface area (TPSA) is 39.1 Å². The first-order valence-electron chi connectivity index (χ1n) is 5.92. The van der Waals surface area contributed by atoms with Gasteiger partial charge in [-0.3, -0.25) is 4.90 Å². The molecule has 1 aliphatic rings. The summed E-state index contributed by atoms with van der Waals surface area (Å²) in [5.74, 6) is 0. The van der Waals surface area contributed by atoms with Crippen molar-refractivity contribution in [1.29, 1.82) is 5.26 Å². The molecule has 1 saturated heterocycles. The number of benzene rings is 1. The molecule has 1 fully saturated rings. The minimum atomic E-state index is 0.213. The smallest absolute Gasteiger partial charge is 0.0991 e. The second kappa shape index (κ2) is 5.62. The summed E-state index contributed by atoms with van der Waals surface area (Å²) in [7, 11) is 0. The van der Waals surface area contributed by atoms with Crippen LogP contribution in [0.15, 0.2) is 36.9 Å². The molecule has 1 atom stereocenters. The first kappa shape index (κ1) is 11.8. The molecule has 1 N–H and O–H groups in total. The Labute approximate surface area is 102 Å². The Kier molecular flexibility index (Phi) is 3.92. The van der Waals surface area contributed by atoms with Crippen LogP contribution in [0.2, 0.25) is 0 Å². The largest absolute Gasteiger partial charge is 0.314 e. The number of hydrogen-bond donors (Lipinski definition) is 1. The van der Waals surface area contributed by atoms with Gasteiger partial charge in [-0.2, -0.15) is 5.26 Å². The van der Waals surface area contributed by atoms with Crippen LogP contribution in [0, 0.1) is 11.3 Å².